The van der Waals surface area contributed by atoms with Crippen LogP contribution in [0.25, 0.3) is 11.4 Å². The van der Waals surface area contributed by atoms with Crippen molar-refractivity contribution in [3.8, 4) is 11.4 Å². The van der Waals surface area contributed by atoms with Gasteiger partial charge in [0.05, 0.1) is 12.6 Å². The molecular formula is C13H17N3O2S. The molecule has 0 N–H and O–H groups in total. The van der Waals surface area contributed by atoms with Crippen LogP contribution in [0.4, 0.5) is 0 Å². The minimum atomic E-state index is 0.403. The minimum Gasteiger partial charge on any atom is -0.381 e. The van der Waals surface area contributed by atoms with Crippen LogP contribution in [-0.2, 0) is 11.3 Å². The first-order valence-corrected chi connectivity index (χ1v) is 7.40. The maximum Gasteiger partial charge on any atom is 0.241 e. The Bertz CT molecular complexity index is 504. The van der Waals surface area contributed by atoms with Gasteiger partial charge in [-0.15, -0.1) is 0 Å². The molecule has 0 bridgehead atoms. The third-order valence-electron chi connectivity index (χ3n) is 3.47. The lowest BCUT2D eigenvalue weighted by Gasteiger charge is -2.29. The van der Waals surface area contributed by atoms with Crippen molar-refractivity contribution >= 4 is 11.3 Å². The molecule has 0 atom stereocenters. The molecular weight excluding hydrogens is 262 g/mol. The molecule has 0 radical (unpaired) electrons. The molecule has 19 heavy (non-hydrogen) atoms. The number of rotatable bonds is 4. The van der Waals surface area contributed by atoms with Crippen LogP contribution in [0, 0.1) is 0 Å². The van der Waals surface area contributed by atoms with Crippen LogP contribution in [0.1, 0.15) is 18.7 Å². The summed E-state index contributed by atoms with van der Waals surface area (Å²) in [6, 6.07) is 2.00. The lowest BCUT2D eigenvalue weighted by atomic mass is 10.1. The molecule has 1 saturated heterocycles. The van der Waals surface area contributed by atoms with Crippen molar-refractivity contribution in [3.05, 3.63) is 22.7 Å². The van der Waals surface area contributed by atoms with Gasteiger partial charge in [0, 0.05) is 31.1 Å². The third-order valence-corrected chi connectivity index (χ3v) is 4.16. The number of hydrogen-bond acceptors (Lipinski definition) is 6. The topological polar surface area (TPSA) is 51.4 Å². The molecule has 0 amide bonds. The van der Waals surface area contributed by atoms with Gasteiger partial charge in [-0.25, -0.2) is 0 Å². The van der Waals surface area contributed by atoms with E-state index < -0.39 is 0 Å². The number of likely N-dealkylation sites (tertiary alicyclic amines) is 1. The van der Waals surface area contributed by atoms with Crippen LogP contribution in [0.5, 0.6) is 0 Å². The number of aromatic nitrogens is 2. The quantitative estimate of drug-likeness (QED) is 0.860. The molecule has 6 heteroatoms. The van der Waals surface area contributed by atoms with E-state index in [0.29, 0.717) is 17.8 Å². The van der Waals surface area contributed by atoms with E-state index >= 15 is 0 Å². The molecule has 0 spiro atoms. The van der Waals surface area contributed by atoms with Crippen LogP contribution in [-0.4, -0.2) is 41.3 Å². The smallest absolute Gasteiger partial charge is 0.241 e. The Labute approximate surface area is 116 Å². The Morgan fingerprint density at radius 2 is 2.32 bits per heavy atom. The van der Waals surface area contributed by atoms with Gasteiger partial charge in [-0.3, -0.25) is 4.90 Å². The summed E-state index contributed by atoms with van der Waals surface area (Å²) < 4.78 is 10.7. The molecule has 2 aromatic rings. The SMILES string of the molecule is COC1CCN(Cc2nc(-c3ccsc3)no2)CC1. The average molecular weight is 279 g/mol. The van der Waals surface area contributed by atoms with E-state index in [2.05, 4.69) is 15.0 Å². The number of hydrogen-bond donors (Lipinski definition) is 0. The summed E-state index contributed by atoms with van der Waals surface area (Å²) in [6.45, 7) is 2.77. The van der Waals surface area contributed by atoms with E-state index in [1.165, 1.54) is 0 Å². The molecule has 1 fully saturated rings. The van der Waals surface area contributed by atoms with Crippen molar-refractivity contribution in [1.29, 1.82) is 0 Å². The standard InChI is InChI=1S/C13H17N3O2S/c1-17-11-2-5-16(6-3-11)8-12-14-13(15-18-12)10-4-7-19-9-10/h4,7,9,11H,2-3,5-6,8H2,1H3. The molecule has 1 aliphatic heterocycles. The second kappa shape index (κ2) is 5.81. The molecule has 2 aromatic heterocycles. The Morgan fingerprint density at radius 1 is 1.47 bits per heavy atom. The second-order valence-electron chi connectivity index (χ2n) is 4.73. The number of methoxy groups -OCH3 is 1. The molecule has 0 aliphatic carbocycles. The zero-order chi connectivity index (χ0) is 13.1. The van der Waals surface area contributed by atoms with Crippen LogP contribution >= 0.6 is 11.3 Å². The normalized spacial score (nSPS) is 17.9. The molecule has 3 heterocycles. The Hall–Kier alpha value is -1.24. The number of nitrogens with zero attached hydrogens (tertiary/aromatic N) is 3. The van der Waals surface area contributed by atoms with E-state index in [4.69, 9.17) is 9.26 Å². The summed E-state index contributed by atoms with van der Waals surface area (Å²) in [6.07, 6.45) is 2.55. The third kappa shape index (κ3) is 3.02. The van der Waals surface area contributed by atoms with Gasteiger partial charge in [-0.1, -0.05) is 5.16 Å². The number of piperidine rings is 1. The van der Waals surface area contributed by atoms with Gasteiger partial charge in [0.15, 0.2) is 0 Å². The van der Waals surface area contributed by atoms with Crippen molar-refractivity contribution in [1.82, 2.24) is 15.0 Å². The molecule has 0 saturated carbocycles. The van der Waals surface area contributed by atoms with E-state index in [-0.39, 0.29) is 0 Å². The summed E-state index contributed by atoms with van der Waals surface area (Å²) in [4.78, 5) is 6.78. The number of thiophene rings is 1. The highest BCUT2D eigenvalue weighted by Crippen LogP contribution is 2.20. The molecule has 5 nitrogen and oxygen atoms in total. The first-order chi connectivity index (χ1) is 9.35. The Morgan fingerprint density at radius 3 is 3.00 bits per heavy atom. The average Bonchev–Trinajstić information content (AvgIpc) is 3.10. The molecule has 1 aliphatic rings. The van der Waals surface area contributed by atoms with E-state index in [0.717, 1.165) is 38.0 Å². The molecule has 0 aromatic carbocycles. The molecule has 102 valence electrons. The van der Waals surface area contributed by atoms with Crippen molar-refractivity contribution in [2.45, 2.75) is 25.5 Å². The van der Waals surface area contributed by atoms with Gasteiger partial charge in [-0.2, -0.15) is 16.3 Å². The summed E-state index contributed by atoms with van der Waals surface area (Å²) >= 11 is 1.64. The maximum absolute atomic E-state index is 5.37. The summed E-state index contributed by atoms with van der Waals surface area (Å²) in [5.41, 5.74) is 1.03. The second-order valence-corrected chi connectivity index (χ2v) is 5.51. The fraction of sp³-hybridized carbons (Fsp3) is 0.538. The van der Waals surface area contributed by atoms with Crippen LogP contribution in [0.2, 0.25) is 0 Å². The van der Waals surface area contributed by atoms with Crippen LogP contribution in [0.15, 0.2) is 21.3 Å². The number of ether oxygens (including phenoxy) is 1. The lowest BCUT2D eigenvalue weighted by Crippen LogP contribution is -2.36. The van der Waals surface area contributed by atoms with Gasteiger partial charge in [-0.05, 0) is 24.3 Å². The van der Waals surface area contributed by atoms with E-state index in [9.17, 15) is 0 Å². The Balaban J connectivity index is 1.59. The fourth-order valence-corrected chi connectivity index (χ4v) is 2.96. The zero-order valence-corrected chi connectivity index (χ0v) is 11.7. The zero-order valence-electron chi connectivity index (χ0n) is 10.9. The highest BCUT2D eigenvalue weighted by molar-refractivity contribution is 7.08. The first kappa shape index (κ1) is 12.8. The van der Waals surface area contributed by atoms with Crippen molar-refractivity contribution in [2.75, 3.05) is 20.2 Å². The first-order valence-electron chi connectivity index (χ1n) is 6.45. The predicted octanol–water partition coefficient (Wildman–Crippen LogP) is 2.41. The van der Waals surface area contributed by atoms with Gasteiger partial charge in [0.2, 0.25) is 11.7 Å². The highest BCUT2D eigenvalue weighted by atomic mass is 32.1. The monoisotopic (exact) mass is 279 g/mol. The minimum absolute atomic E-state index is 0.403. The summed E-state index contributed by atoms with van der Waals surface area (Å²) in [7, 11) is 1.78. The van der Waals surface area contributed by atoms with Gasteiger partial charge in [0.1, 0.15) is 0 Å². The maximum atomic E-state index is 5.37. The summed E-state index contributed by atoms with van der Waals surface area (Å²) in [5.74, 6) is 1.38. The van der Waals surface area contributed by atoms with Crippen molar-refractivity contribution < 1.29 is 9.26 Å². The van der Waals surface area contributed by atoms with Crippen molar-refractivity contribution in [2.24, 2.45) is 0 Å². The van der Waals surface area contributed by atoms with Gasteiger partial charge in [0.25, 0.3) is 0 Å². The van der Waals surface area contributed by atoms with Crippen LogP contribution in [0.3, 0.4) is 0 Å². The van der Waals surface area contributed by atoms with E-state index in [1.54, 1.807) is 18.4 Å². The largest absolute Gasteiger partial charge is 0.381 e. The predicted molar refractivity (Wildman–Crippen MR) is 72.9 cm³/mol. The van der Waals surface area contributed by atoms with Gasteiger partial charge >= 0.3 is 0 Å². The van der Waals surface area contributed by atoms with Crippen molar-refractivity contribution in [3.63, 3.8) is 0 Å². The highest BCUT2D eigenvalue weighted by Gasteiger charge is 2.20. The lowest BCUT2D eigenvalue weighted by molar-refractivity contribution is 0.0359. The summed E-state index contributed by atoms with van der Waals surface area (Å²) in [5, 5.41) is 8.07. The van der Waals surface area contributed by atoms with Gasteiger partial charge < -0.3 is 9.26 Å². The molecule has 3 rings (SSSR count). The fourth-order valence-electron chi connectivity index (χ4n) is 2.32. The van der Waals surface area contributed by atoms with E-state index in [1.807, 2.05) is 16.8 Å². The molecule has 0 unspecified atom stereocenters. The van der Waals surface area contributed by atoms with Crippen LogP contribution < -0.4 is 0 Å². The Kier molecular flexibility index (Phi) is 3.91.